The van der Waals surface area contributed by atoms with Gasteiger partial charge in [0, 0.05) is 42.2 Å². The van der Waals surface area contributed by atoms with Crippen molar-refractivity contribution in [3.05, 3.63) is 108 Å². The zero-order chi connectivity index (χ0) is 24.2. The van der Waals surface area contributed by atoms with Gasteiger partial charge in [0.1, 0.15) is 0 Å². The summed E-state index contributed by atoms with van der Waals surface area (Å²) in [6.07, 6.45) is 0.935. The number of carbonyl (C=O) groups is 1. The number of fused-ring (bicyclic) bond motifs is 1. The molecule has 5 heteroatoms. The zero-order valence-electron chi connectivity index (χ0n) is 20.3. The van der Waals surface area contributed by atoms with Crippen molar-refractivity contribution >= 4 is 22.6 Å². The Morgan fingerprint density at radius 1 is 0.943 bits per heavy atom. The number of hydrogen-bond donors (Lipinski definition) is 2. The molecule has 5 rings (SSSR count). The average molecular weight is 465 g/mol. The Kier molecular flexibility index (Phi) is 6.77. The summed E-state index contributed by atoms with van der Waals surface area (Å²) >= 11 is 0. The number of nitrogens with zero attached hydrogens (tertiary/aromatic N) is 2. The van der Waals surface area contributed by atoms with E-state index in [-0.39, 0.29) is 18.0 Å². The molecule has 1 aliphatic heterocycles. The Morgan fingerprint density at radius 3 is 2.26 bits per heavy atom. The highest BCUT2D eigenvalue weighted by Gasteiger charge is 2.32. The molecule has 178 valence electrons. The molecule has 0 bridgehead atoms. The summed E-state index contributed by atoms with van der Waals surface area (Å²) in [5.41, 5.74) is 5.20. The minimum Gasteiger partial charge on any atom is -0.334 e. The van der Waals surface area contributed by atoms with Crippen LogP contribution in [0.4, 0.5) is 10.5 Å². The summed E-state index contributed by atoms with van der Waals surface area (Å²) in [5.74, 6) is 0.274. The van der Waals surface area contributed by atoms with Crippen molar-refractivity contribution in [1.82, 2.24) is 15.2 Å². The number of nitrogens with one attached hydrogen (secondary N) is 2. The highest BCUT2D eigenvalue weighted by molar-refractivity contribution is 6.00. The second-order valence-corrected chi connectivity index (χ2v) is 9.45. The standard InChI is InChI=1S/C30H32N4O/c1-21-19-28(26-15-9-10-16-27(26)31-21)33-30(35)32-25-17-18-34(20-25)22(2)29(23-11-5-3-6-12-23)24-13-7-4-8-14-24/h3-16,19,22,25,29H,17-18,20H2,1-2H3,(H2,31,32,33,35). The number of benzene rings is 3. The van der Waals surface area contributed by atoms with Gasteiger partial charge in [-0.2, -0.15) is 0 Å². The lowest BCUT2D eigenvalue weighted by molar-refractivity contribution is 0.229. The second kappa shape index (κ2) is 10.3. The number of aromatic nitrogens is 1. The molecule has 1 aliphatic rings. The van der Waals surface area contributed by atoms with Gasteiger partial charge >= 0.3 is 6.03 Å². The number of amides is 2. The second-order valence-electron chi connectivity index (χ2n) is 9.45. The molecule has 2 amide bonds. The van der Waals surface area contributed by atoms with Crippen molar-refractivity contribution in [2.75, 3.05) is 18.4 Å². The molecular weight excluding hydrogens is 432 g/mol. The lowest BCUT2D eigenvalue weighted by Gasteiger charge is -2.33. The van der Waals surface area contributed by atoms with Crippen molar-refractivity contribution in [1.29, 1.82) is 0 Å². The van der Waals surface area contributed by atoms with Crippen LogP contribution in [0.1, 0.15) is 36.1 Å². The van der Waals surface area contributed by atoms with Gasteiger partial charge in [0.15, 0.2) is 0 Å². The van der Waals surface area contributed by atoms with Gasteiger partial charge in [0.2, 0.25) is 0 Å². The van der Waals surface area contributed by atoms with Crippen LogP contribution in [0.15, 0.2) is 91.0 Å². The van der Waals surface area contributed by atoms with Gasteiger partial charge in [-0.15, -0.1) is 0 Å². The van der Waals surface area contributed by atoms with E-state index in [1.54, 1.807) is 0 Å². The van der Waals surface area contributed by atoms with E-state index in [4.69, 9.17) is 0 Å². The number of pyridine rings is 1. The first-order valence-electron chi connectivity index (χ1n) is 12.4. The predicted molar refractivity (Wildman–Crippen MR) is 143 cm³/mol. The molecule has 0 saturated carbocycles. The molecule has 2 unspecified atom stereocenters. The summed E-state index contributed by atoms with van der Waals surface area (Å²) in [5, 5.41) is 7.21. The maximum absolute atomic E-state index is 12.9. The van der Waals surface area contributed by atoms with Crippen LogP contribution in [0.5, 0.6) is 0 Å². The van der Waals surface area contributed by atoms with Crippen molar-refractivity contribution in [2.45, 2.75) is 38.3 Å². The summed E-state index contributed by atoms with van der Waals surface area (Å²) in [7, 11) is 0. The quantitative estimate of drug-likeness (QED) is 0.370. The Morgan fingerprint density at radius 2 is 1.57 bits per heavy atom. The van der Waals surface area contributed by atoms with Crippen molar-refractivity contribution in [3.63, 3.8) is 0 Å². The minimum absolute atomic E-state index is 0.110. The van der Waals surface area contributed by atoms with Crippen LogP contribution in [-0.4, -0.2) is 41.1 Å². The van der Waals surface area contributed by atoms with Crippen molar-refractivity contribution in [3.8, 4) is 0 Å². The average Bonchev–Trinajstić information content (AvgIpc) is 3.34. The summed E-state index contributed by atoms with van der Waals surface area (Å²) in [4.78, 5) is 20.0. The number of carbonyl (C=O) groups excluding carboxylic acids is 1. The SMILES string of the molecule is Cc1cc(NC(=O)NC2CCN(C(C)C(c3ccccc3)c3ccccc3)C2)c2ccccc2n1. The molecular formula is C30H32N4O. The largest absolute Gasteiger partial charge is 0.334 e. The van der Waals surface area contributed by atoms with E-state index in [0.717, 1.165) is 41.8 Å². The maximum Gasteiger partial charge on any atom is 0.319 e. The number of likely N-dealkylation sites (tertiary alicyclic amines) is 1. The number of hydrogen-bond acceptors (Lipinski definition) is 3. The molecule has 2 N–H and O–H groups in total. The van der Waals surface area contributed by atoms with Gasteiger partial charge in [-0.3, -0.25) is 9.88 Å². The maximum atomic E-state index is 12.9. The Hall–Kier alpha value is -3.70. The van der Waals surface area contributed by atoms with Gasteiger partial charge in [-0.25, -0.2) is 4.79 Å². The van der Waals surface area contributed by atoms with Crippen molar-refractivity contribution < 1.29 is 4.79 Å². The lowest BCUT2D eigenvalue weighted by Crippen LogP contribution is -2.42. The fraction of sp³-hybridized carbons (Fsp3) is 0.267. The van der Waals surface area contributed by atoms with Crippen LogP contribution in [0, 0.1) is 6.92 Å². The number of rotatable bonds is 6. The number of aryl methyl sites for hydroxylation is 1. The molecule has 2 atom stereocenters. The van der Waals surface area contributed by atoms with Crippen molar-refractivity contribution in [2.24, 2.45) is 0 Å². The first-order chi connectivity index (χ1) is 17.1. The summed E-state index contributed by atoms with van der Waals surface area (Å²) in [6, 6.07) is 31.5. The van der Waals surface area contributed by atoms with E-state index in [2.05, 4.69) is 88.1 Å². The minimum atomic E-state index is -0.164. The molecule has 1 aromatic heterocycles. The van der Waals surface area contributed by atoms with E-state index in [1.807, 2.05) is 37.3 Å². The van der Waals surface area contributed by atoms with Crippen LogP contribution in [0.2, 0.25) is 0 Å². The molecule has 3 aromatic carbocycles. The number of urea groups is 1. The van der Waals surface area contributed by atoms with Gasteiger partial charge in [0.25, 0.3) is 0 Å². The van der Waals surface area contributed by atoms with Gasteiger partial charge < -0.3 is 10.6 Å². The fourth-order valence-electron chi connectivity index (χ4n) is 5.31. The molecule has 1 saturated heterocycles. The molecule has 1 fully saturated rings. The highest BCUT2D eigenvalue weighted by atomic mass is 16.2. The van der Waals surface area contributed by atoms with Crippen LogP contribution >= 0.6 is 0 Å². The molecule has 0 spiro atoms. The molecule has 0 aliphatic carbocycles. The Labute approximate surface area is 207 Å². The van der Waals surface area contributed by atoms with Crippen LogP contribution in [-0.2, 0) is 0 Å². The first-order valence-corrected chi connectivity index (χ1v) is 12.4. The molecule has 35 heavy (non-hydrogen) atoms. The van der Waals surface area contributed by atoms with Gasteiger partial charge in [-0.05, 0) is 43.5 Å². The van der Waals surface area contributed by atoms with Gasteiger partial charge in [0.05, 0.1) is 11.2 Å². The smallest absolute Gasteiger partial charge is 0.319 e. The molecule has 4 aromatic rings. The molecule has 5 nitrogen and oxygen atoms in total. The van der Waals surface area contributed by atoms with Gasteiger partial charge in [-0.1, -0.05) is 78.9 Å². The van der Waals surface area contributed by atoms with E-state index in [1.165, 1.54) is 11.1 Å². The highest BCUT2D eigenvalue weighted by Crippen LogP contribution is 2.32. The summed E-state index contributed by atoms with van der Waals surface area (Å²) in [6.45, 7) is 6.04. The normalized spacial score (nSPS) is 16.9. The third-order valence-electron chi connectivity index (χ3n) is 7.02. The first kappa shape index (κ1) is 23.1. The molecule has 2 heterocycles. The summed E-state index contributed by atoms with van der Waals surface area (Å²) < 4.78 is 0. The Bertz CT molecular complexity index is 1250. The van der Waals surface area contributed by atoms with Crippen LogP contribution < -0.4 is 10.6 Å². The topological polar surface area (TPSA) is 57.3 Å². The van der Waals surface area contributed by atoms with E-state index >= 15 is 0 Å². The predicted octanol–water partition coefficient (Wildman–Crippen LogP) is 5.96. The monoisotopic (exact) mass is 464 g/mol. The number of anilines is 1. The zero-order valence-corrected chi connectivity index (χ0v) is 20.3. The van der Waals surface area contributed by atoms with E-state index in [0.29, 0.717) is 6.04 Å². The van der Waals surface area contributed by atoms with E-state index < -0.39 is 0 Å². The van der Waals surface area contributed by atoms with Crippen LogP contribution in [0.25, 0.3) is 10.9 Å². The number of para-hydroxylation sites is 1. The van der Waals surface area contributed by atoms with E-state index in [9.17, 15) is 4.79 Å². The third-order valence-corrected chi connectivity index (χ3v) is 7.02. The lowest BCUT2D eigenvalue weighted by atomic mass is 9.85. The molecule has 0 radical (unpaired) electrons. The fourth-order valence-corrected chi connectivity index (χ4v) is 5.31. The Balaban J connectivity index is 1.27. The van der Waals surface area contributed by atoms with Crippen LogP contribution in [0.3, 0.4) is 0 Å². The third kappa shape index (κ3) is 5.20.